The lowest BCUT2D eigenvalue weighted by atomic mass is 9.98. The molecule has 0 radical (unpaired) electrons. The number of amides is 1. The number of carbonyl (C=O) groups excluding carboxylic acids is 1. The van der Waals surface area contributed by atoms with Gasteiger partial charge in [0.25, 0.3) is 5.91 Å². The molecule has 0 atom stereocenters. The quantitative estimate of drug-likeness (QED) is 0.480. The molecule has 10 nitrogen and oxygen atoms in total. The van der Waals surface area contributed by atoms with Gasteiger partial charge in [0.15, 0.2) is 6.61 Å². The highest BCUT2D eigenvalue weighted by Crippen LogP contribution is 2.40. The summed E-state index contributed by atoms with van der Waals surface area (Å²) in [6.07, 6.45) is 5.74. The van der Waals surface area contributed by atoms with Crippen LogP contribution in [0.4, 0.5) is 17.2 Å². The molecule has 3 aromatic rings. The first-order chi connectivity index (χ1) is 18.0. The number of nitrogens with zero attached hydrogens (tertiary/aromatic N) is 4. The van der Waals surface area contributed by atoms with Crippen LogP contribution in [0.15, 0.2) is 24.7 Å². The van der Waals surface area contributed by atoms with Crippen molar-refractivity contribution in [2.75, 3.05) is 57.6 Å². The van der Waals surface area contributed by atoms with Gasteiger partial charge < -0.3 is 30.0 Å². The lowest BCUT2D eigenvalue weighted by Crippen LogP contribution is -2.51. The Morgan fingerprint density at radius 3 is 2.70 bits per heavy atom. The summed E-state index contributed by atoms with van der Waals surface area (Å²) in [6.45, 7) is 10.5. The summed E-state index contributed by atoms with van der Waals surface area (Å²) >= 11 is 0. The molecule has 1 aromatic carbocycles. The van der Waals surface area contributed by atoms with Crippen LogP contribution in [-0.4, -0.2) is 77.6 Å². The molecule has 0 unspecified atom stereocenters. The van der Waals surface area contributed by atoms with Crippen molar-refractivity contribution in [1.82, 2.24) is 24.8 Å². The molecule has 0 aliphatic carbocycles. The molecule has 6 rings (SSSR count). The third kappa shape index (κ3) is 6.07. The average Bonchev–Trinajstić information content (AvgIpc) is 3.28. The zero-order chi connectivity index (χ0) is 26.4. The second kappa shape index (κ2) is 12.1. The first-order valence-corrected chi connectivity index (χ1v) is 13.1. The van der Waals surface area contributed by atoms with Gasteiger partial charge in [-0.15, -0.1) is 0 Å². The maximum absolute atomic E-state index is 12.8. The normalized spacial score (nSPS) is 19.2. The van der Waals surface area contributed by atoms with Gasteiger partial charge in [-0.3, -0.25) is 9.69 Å². The number of carbonyl (C=O) groups is 1. The Labute approximate surface area is 218 Å². The van der Waals surface area contributed by atoms with Crippen LogP contribution in [0.25, 0.3) is 11.0 Å². The number of methoxy groups -OCH3 is 1. The van der Waals surface area contributed by atoms with Gasteiger partial charge in [-0.1, -0.05) is 27.2 Å². The van der Waals surface area contributed by atoms with Gasteiger partial charge in [0.2, 0.25) is 0 Å². The summed E-state index contributed by atoms with van der Waals surface area (Å²) in [7, 11) is 3.47. The summed E-state index contributed by atoms with van der Waals surface area (Å²) in [4.78, 5) is 29.2. The van der Waals surface area contributed by atoms with Gasteiger partial charge in [0.1, 0.15) is 35.0 Å². The minimum atomic E-state index is -0.0465. The minimum Gasteiger partial charge on any atom is -0.494 e. The fraction of sp³-hybridized carbons (Fsp3) is 0.519. The van der Waals surface area contributed by atoms with Crippen molar-refractivity contribution in [3.63, 3.8) is 0 Å². The largest absolute Gasteiger partial charge is 0.494 e. The minimum absolute atomic E-state index is 0.0416. The highest BCUT2D eigenvalue weighted by molar-refractivity contribution is 5.92. The Morgan fingerprint density at radius 1 is 1.19 bits per heavy atom. The molecule has 4 bridgehead atoms. The molecule has 2 aromatic heterocycles. The monoisotopic (exact) mass is 509 g/mol. The lowest BCUT2D eigenvalue weighted by molar-refractivity contribution is -0.133. The Kier molecular flexibility index (Phi) is 8.70. The van der Waals surface area contributed by atoms with Crippen LogP contribution in [-0.2, 0) is 11.3 Å². The summed E-state index contributed by atoms with van der Waals surface area (Å²) in [6, 6.07) is 3.78. The number of likely N-dealkylation sites (N-methyl/N-ethyl adjacent to an activating group) is 1. The van der Waals surface area contributed by atoms with Crippen molar-refractivity contribution in [3.8, 4) is 11.5 Å². The molecule has 0 saturated carbocycles. The third-order valence-electron chi connectivity index (χ3n) is 6.39. The second-order valence-electron chi connectivity index (χ2n) is 9.69. The number of anilines is 3. The van der Waals surface area contributed by atoms with E-state index in [1.54, 1.807) is 18.3 Å². The molecule has 1 saturated heterocycles. The van der Waals surface area contributed by atoms with E-state index in [-0.39, 0.29) is 12.5 Å². The lowest BCUT2D eigenvalue weighted by Gasteiger charge is -2.41. The molecule has 0 spiro atoms. The summed E-state index contributed by atoms with van der Waals surface area (Å²) in [5.41, 5.74) is 3.41. The number of hydrogen-bond acceptors (Lipinski definition) is 8. The van der Waals surface area contributed by atoms with E-state index >= 15 is 0 Å². The molecule has 37 heavy (non-hydrogen) atoms. The van der Waals surface area contributed by atoms with E-state index in [1.807, 2.05) is 25.4 Å². The zero-order valence-corrected chi connectivity index (χ0v) is 22.6. The van der Waals surface area contributed by atoms with E-state index in [0.29, 0.717) is 29.8 Å². The molecule has 5 heterocycles. The number of nitrogens with one attached hydrogen (secondary N) is 3. The molecule has 200 valence electrons. The molecule has 3 N–H and O–H groups in total. The van der Waals surface area contributed by atoms with Crippen molar-refractivity contribution in [2.24, 2.45) is 5.92 Å². The number of hydrogen-bond donors (Lipinski definition) is 3. The number of rotatable bonds is 4. The summed E-state index contributed by atoms with van der Waals surface area (Å²) in [5.74, 6) is 2.30. The van der Waals surface area contributed by atoms with Crippen LogP contribution in [0.5, 0.6) is 11.5 Å². The molecule has 1 amide bonds. The molecular formula is C27H39N7O3. The van der Waals surface area contributed by atoms with Gasteiger partial charge in [0.05, 0.1) is 12.5 Å². The Hall–Kier alpha value is -3.53. The fourth-order valence-electron chi connectivity index (χ4n) is 4.65. The number of aromatic amines is 1. The van der Waals surface area contributed by atoms with Gasteiger partial charge in [-0.2, -0.15) is 0 Å². The van der Waals surface area contributed by atoms with E-state index < -0.39 is 0 Å². The summed E-state index contributed by atoms with van der Waals surface area (Å²) < 4.78 is 11.7. The van der Waals surface area contributed by atoms with Crippen molar-refractivity contribution >= 4 is 34.1 Å². The van der Waals surface area contributed by atoms with Gasteiger partial charge in [0, 0.05) is 69.7 Å². The summed E-state index contributed by atoms with van der Waals surface area (Å²) in [5, 5.41) is 7.78. The number of aromatic nitrogens is 3. The highest BCUT2D eigenvalue weighted by Gasteiger charge is 2.30. The SMILES string of the molecule is CCC.CCCNc1c(OC)cc2cc1OCC(=O)N(C)CC1CN(Cc3c[nH]c4ncnc(c34)N2)C1. The van der Waals surface area contributed by atoms with Crippen LogP contribution in [0.2, 0.25) is 0 Å². The van der Waals surface area contributed by atoms with Crippen LogP contribution in [0.3, 0.4) is 0 Å². The molecule has 1 fully saturated rings. The molecular weight excluding hydrogens is 470 g/mol. The van der Waals surface area contributed by atoms with E-state index in [9.17, 15) is 4.79 Å². The number of H-pyrrole nitrogens is 1. The van der Waals surface area contributed by atoms with Gasteiger partial charge in [-0.25, -0.2) is 9.97 Å². The number of fused-ring (bicyclic) bond motifs is 4. The van der Waals surface area contributed by atoms with Crippen LogP contribution < -0.4 is 20.1 Å². The molecule has 3 aliphatic rings. The Morgan fingerprint density at radius 2 is 1.97 bits per heavy atom. The maximum atomic E-state index is 12.8. The smallest absolute Gasteiger partial charge is 0.260 e. The van der Waals surface area contributed by atoms with Gasteiger partial charge >= 0.3 is 0 Å². The number of benzene rings is 1. The predicted molar refractivity (Wildman–Crippen MR) is 147 cm³/mol. The predicted octanol–water partition coefficient (Wildman–Crippen LogP) is 4.23. The first-order valence-electron chi connectivity index (χ1n) is 13.1. The topological polar surface area (TPSA) is 108 Å². The van der Waals surface area contributed by atoms with E-state index in [0.717, 1.165) is 60.6 Å². The van der Waals surface area contributed by atoms with Crippen LogP contribution >= 0.6 is 0 Å². The fourth-order valence-corrected chi connectivity index (χ4v) is 4.65. The van der Waals surface area contributed by atoms with Crippen molar-refractivity contribution < 1.29 is 14.3 Å². The van der Waals surface area contributed by atoms with Crippen molar-refractivity contribution in [1.29, 1.82) is 0 Å². The average molecular weight is 510 g/mol. The number of ether oxygens (including phenoxy) is 2. The Bertz CT molecular complexity index is 1210. The standard InChI is InChI=1S/C24H31N7O3.C3H8/c1-4-5-25-22-18(33-3)6-17-7-19(22)34-13-20(32)30(2)9-15-10-31(11-15)12-16-8-26-23-21(16)24(29-17)28-14-27-23;1-3-2/h6-8,14-15,25H,4-5,9-13H2,1-3H3,(H2,26,27,28,29);3H2,1-2H3. The van der Waals surface area contributed by atoms with E-state index in [1.165, 1.54) is 6.42 Å². The van der Waals surface area contributed by atoms with E-state index in [4.69, 9.17) is 9.47 Å². The van der Waals surface area contributed by atoms with Crippen molar-refractivity contribution in [3.05, 3.63) is 30.2 Å². The third-order valence-corrected chi connectivity index (χ3v) is 6.39. The highest BCUT2D eigenvalue weighted by atomic mass is 16.5. The molecule has 10 heteroatoms. The van der Waals surface area contributed by atoms with E-state index in [2.05, 4.69) is 51.3 Å². The van der Waals surface area contributed by atoms with Crippen LogP contribution in [0, 0.1) is 5.92 Å². The second-order valence-corrected chi connectivity index (χ2v) is 9.69. The zero-order valence-electron chi connectivity index (χ0n) is 22.6. The van der Waals surface area contributed by atoms with Gasteiger partial charge in [-0.05, 0) is 12.0 Å². The first kappa shape index (κ1) is 26.5. The van der Waals surface area contributed by atoms with Crippen molar-refractivity contribution in [2.45, 2.75) is 40.2 Å². The Balaban J connectivity index is 0.00000102. The van der Waals surface area contributed by atoms with Crippen LogP contribution in [0.1, 0.15) is 39.2 Å². The molecule has 3 aliphatic heterocycles. The maximum Gasteiger partial charge on any atom is 0.260 e.